The van der Waals surface area contributed by atoms with E-state index in [0.717, 1.165) is 11.1 Å². The monoisotopic (exact) mass is 280 g/mol. The van der Waals surface area contributed by atoms with Crippen LogP contribution in [0.15, 0.2) is 54.6 Å². The molecular formula is C17H16N2O2. The predicted molar refractivity (Wildman–Crippen MR) is 80.2 cm³/mol. The molecule has 0 spiro atoms. The SMILES string of the molecule is N#CC(Cc1ccccc1)C(=O)Nc1ccc(CO)cc1. The Kier molecular flexibility index (Phi) is 5.08. The van der Waals surface area contributed by atoms with E-state index in [4.69, 9.17) is 5.11 Å². The molecule has 0 saturated carbocycles. The Morgan fingerprint density at radius 1 is 1.10 bits per heavy atom. The van der Waals surface area contributed by atoms with E-state index in [1.165, 1.54) is 0 Å². The number of aliphatic hydroxyl groups excluding tert-OH is 1. The normalized spacial score (nSPS) is 11.4. The van der Waals surface area contributed by atoms with Crippen molar-refractivity contribution < 1.29 is 9.90 Å². The van der Waals surface area contributed by atoms with E-state index in [2.05, 4.69) is 5.32 Å². The van der Waals surface area contributed by atoms with Crippen LogP contribution in [0.3, 0.4) is 0 Å². The molecule has 0 radical (unpaired) electrons. The molecule has 0 heterocycles. The quantitative estimate of drug-likeness (QED) is 0.883. The van der Waals surface area contributed by atoms with Crippen LogP contribution in [0.5, 0.6) is 0 Å². The highest BCUT2D eigenvalue weighted by atomic mass is 16.3. The van der Waals surface area contributed by atoms with E-state index in [0.29, 0.717) is 12.1 Å². The number of amides is 1. The maximum absolute atomic E-state index is 12.1. The molecule has 106 valence electrons. The summed E-state index contributed by atoms with van der Waals surface area (Å²) in [5.74, 6) is -1.05. The van der Waals surface area contributed by atoms with E-state index in [9.17, 15) is 10.1 Å². The standard InChI is InChI=1S/C17H16N2O2/c18-11-15(10-13-4-2-1-3-5-13)17(21)19-16-8-6-14(12-20)7-9-16/h1-9,15,20H,10,12H2,(H,19,21). The average Bonchev–Trinajstić information content (AvgIpc) is 2.54. The van der Waals surface area contributed by atoms with Gasteiger partial charge < -0.3 is 10.4 Å². The van der Waals surface area contributed by atoms with E-state index in [-0.39, 0.29) is 12.5 Å². The zero-order valence-corrected chi connectivity index (χ0v) is 11.5. The maximum Gasteiger partial charge on any atom is 0.242 e. The molecule has 4 heteroatoms. The van der Waals surface area contributed by atoms with Crippen LogP contribution >= 0.6 is 0 Å². The van der Waals surface area contributed by atoms with Gasteiger partial charge in [0.05, 0.1) is 12.7 Å². The number of nitrogens with zero attached hydrogens (tertiary/aromatic N) is 1. The van der Waals surface area contributed by atoms with Crippen molar-refractivity contribution >= 4 is 11.6 Å². The van der Waals surface area contributed by atoms with Gasteiger partial charge in [0.15, 0.2) is 0 Å². The number of hydrogen-bond donors (Lipinski definition) is 2. The first-order valence-corrected chi connectivity index (χ1v) is 6.67. The van der Waals surface area contributed by atoms with Gasteiger partial charge in [-0.25, -0.2) is 0 Å². The smallest absolute Gasteiger partial charge is 0.242 e. The van der Waals surface area contributed by atoms with Crippen molar-refractivity contribution in [3.63, 3.8) is 0 Å². The number of carbonyl (C=O) groups excluding carboxylic acids is 1. The lowest BCUT2D eigenvalue weighted by atomic mass is 10.00. The second-order valence-electron chi connectivity index (χ2n) is 4.72. The number of hydrogen-bond acceptors (Lipinski definition) is 3. The van der Waals surface area contributed by atoms with Gasteiger partial charge in [0, 0.05) is 5.69 Å². The second-order valence-corrected chi connectivity index (χ2v) is 4.72. The Bertz CT molecular complexity index is 630. The maximum atomic E-state index is 12.1. The predicted octanol–water partition coefficient (Wildman–Crippen LogP) is 2.50. The summed E-state index contributed by atoms with van der Waals surface area (Å²) in [6, 6.07) is 18.4. The van der Waals surface area contributed by atoms with E-state index in [1.807, 2.05) is 36.4 Å². The van der Waals surface area contributed by atoms with Crippen LogP contribution < -0.4 is 5.32 Å². The molecule has 1 amide bonds. The number of nitrogens with one attached hydrogen (secondary N) is 1. The van der Waals surface area contributed by atoms with Crippen molar-refractivity contribution in [2.45, 2.75) is 13.0 Å². The number of carbonyl (C=O) groups is 1. The van der Waals surface area contributed by atoms with Crippen molar-refractivity contribution in [3.8, 4) is 6.07 Å². The zero-order valence-electron chi connectivity index (χ0n) is 11.5. The molecule has 2 N–H and O–H groups in total. The minimum Gasteiger partial charge on any atom is -0.392 e. The molecule has 2 aromatic carbocycles. The Balaban J connectivity index is 2.01. The van der Waals surface area contributed by atoms with Gasteiger partial charge in [-0.15, -0.1) is 0 Å². The third-order valence-electron chi connectivity index (χ3n) is 3.16. The summed E-state index contributed by atoms with van der Waals surface area (Å²) in [6.07, 6.45) is 0.387. The van der Waals surface area contributed by atoms with E-state index < -0.39 is 5.92 Å². The van der Waals surface area contributed by atoms with Gasteiger partial charge in [-0.2, -0.15) is 5.26 Å². The summed E-state index contributed by atoms with van der Waals surface area (Å²) in [6.45, 7) is -0.0386. The molecule has 21 heavy (non-hydrogen) atoms. The number of benzene rings is 2. The van der Waals surface area contributed by atoms with Gasteiger partial charge in [0.25, 0.3) is 0 Å². The lowest BCUT2D eigenvalue weighted by Gasteiger charge is -2.10. The molecule has 0 saturated heterocycles. The Morgan fingerprint density at radius 3 is 2.33 bits per heavy atom. The highest BCUT2D eigenvalue weighted by molar-refractivity contribution is 5.94. The minimum absolute atomic E-state index is 0.0386. The van der Waals surface area contributed by atoms with Gasteiger partial charge in [-0.3, -0.25) is 4.79 Å². The first-order valence-electron chi connectivity index (χ1n) is 6.67. The van der Waals surface area contributed by atoms with Crippen LogP contribution in [0.1, 0.15) is 11.1 Å². The molecule has 0 aliphatic rings. The molecule has 0 bridgehead atoms. The van der Waals surface area contributed by atoms with Gasteiger partial charge in [0.2, 0.25) is 5.91 Å². The molecule has 0 aliphatic heterocycles. The number of aliphatic hydroxyl groups is 1. The van der Waals surface area contributed by atoms with Crippen LogP contribution in [0.25, 0.3) is 0 Å². The highest BCUT2D eigenvalue weighted by Crippen LogP contribution is 2.13. The third-order valence-corrected chi connectivity index (χ3v) is 3.16. The first kappa shape index (κ1) is 14.8. The van der Waals surface area contributed by atoms with E-state index >= 15 is 0 Å². The zero-order chi connectivity index (χ0) is 15.1. The second kappa shape index (κ2) is 7.22. The van der Waals surface area contributed by atoms with Crippen molar-refractivity contribution in [2.75, 3.05) is 5.32 Å². The molecule has 1 unspecified atom stereocenters. The molecule has 2 aromatic rings. The van der Waals surface area contributed by atoms with Gasteiger partial charge in [-0.05, 0) is 29.7 Å². The summed E-state index contributed by atoms with van der Waals surface area (Å²) in [5.41, 5.74) is 2.34. The fraction of sp³-hybridized carbons (Fsp3) is 0.176. The molecule has 2 rings (SSSR count). The number of rotatable bonds is 5. The highest BCUT2D eigenvalue weighted by Gasteiger charge is 2.18. The Morgan fingerprint density at radius 2 is 1.76 bits per heavy atom. The summed E-state index contributed by atoms with van der Waals surface area (Å²) in [5, 5.41) is 20.9. The lowest BCUT2D eigenvalue weighted by Crippen LogP contribution is -2.23. The van der Waals surface area contributed by atoms with Crippen molar-refractivity contribution in [3.05, 3.63) is 65.7 Å². The number of nitriles is 1. The van der Waals surface area contributed by atoms with Crippen LogP contribution in [0, 0.1) is 17.2 Å². The Hall–Kier alpha value is -2.64. The molecule has 0 aromatic heterocycles. The molecular weight excluding hydrogens is 264 g/mol. The minimum atomic E-state index is -0.732. The molecule has 0 fully saturated rings. The Labute approximate surface area is 123 Å². The largest absolute Gasteiger partial charge is 0.392 e. The number of anilines is 1. The van der Waals surface area contributed by atoms with Crippen LogP contribution in [0.2, 0.25) is 0 Å². The first-order chi connectivity index (χ1) is 10.2. The van der Waals surface area contributed by atoms with E-state index in [1.54, 1.807) is 24.3 Å². The summed E-state index contributed by atoms with van der Waals surface area (Å²) in [4.78, 5) is 12.1. The van der Waals surface area contributed by atoms with Crippen LogP contribution in [0.4, 0.5) is 5.69 Å². The topological polar surface area (TPSA) is 73.1 Å². The molecule has 1 atom stereocenters. The van der Waals surface area contributed by atoms with Crippen molar-refractivity contribution in [1.82, 2.24) is 0 Å². The van der Waals surface area contributed by atoms with Gasteiger partial charge in [0.1, 0.15) is 5.92 Å². The molecule has 4 nitrogen and oxygen atoms in total. The van der Waals surface area contributed by atoms with Crippen molar-refractivity contribution in [1.29, 1.82) is 5.26 Å². The fourth-order valence-electron chi connectivity index (χ4n) is 1.97. The molecule has 0 aliphatic carbocycles. The van der Waals surface area contributed by atoms with Crippen molar-refractivity contribution in [2.24, 2.45) is 5.92 Å². The van der Waals surface area contributed by atoms with Crippen LogP contribution in [-0.2, 0) is 17.8 Å². The average molecular weight is 280 g/mol. The summed E-state index contributed by atoms with van der Waals surface area (Å²) < 4.78 is 0. The fourth-order valence-corrected chi connectivity index (χ4v) is 1.97. The lowest BCUT2D eigenvalue weighted by molar-refractivity contribution is -0.118. The van der Waals surface area contributed by atoms with Gasteiger partial charge in [-0.1, -0.05) is 42.5 Å². The summed E-state index contributed by atoms with van der Waals surface area (Å²) >= 11 is 0. The van der Waals surface area contributed by atoms with Gasteiger partial charge >= 0.3 is 0 Å². The summed E-state index contributed by atoms with van der Waals surface area (Å²) in [7, 11) is 0. The van der Waals surface area contributed by atoms with Crippen LogP contribution in [-0.4, -0.2) is 11.0 Å². The third kappa shape index (κ3) is 4.16.